The first-order chi connectivity index (χ1) is 12.3. The van der Waals surface area contributed by atoms with E-state index in [0.29, 0.717) is 25.9 Å². The normalized spacial score (nSPS) is 27.6. The van der Waals surface area contributed by atoms with E-state index in [0.717, 1.165) is 19.3 Å². The van der Waals surface area contributed by atoms with Crippen molar-refractivity contribution in [2.24, 2.45) is 11.3 Å². The second-order valence-electron chi connectivity index (χ2n) is 7.58. The molecule has 2 aliphatic heterocycles. The van der Waals surface area contributed by atoms with Crippen molar-refractivity contribution < 1.29 is 29.0 Å². The Morgan fingerprint density at radius 2 is 2.15 bits per heavy atom. The van der Waals surface area contributed by atoms with Crippen LogP contribution in [0.15, 0.2) is 0 Å². The minimum absolute atomic E-state index is 0.105. The van der Waals surface area contributed by atoms with Gasteiger partial charge in [-0.25, -0.2) is 9.59 Å². The van der Waals surface area contributed by atoms with E-state index in [-0.39, 0.29) is 23.7 Å². The highest BCUT2D eigenvalue weighted by molar-refractivity contribution is 5.90. The first kappa shape index (κ1) is 18.5. The van der Waals surface area contributed by atoms with Gasteiger partial charge in [0.1, 0.15) is 12.1 Å². The van der Waals surface area contributed by atoms with Crippen LogP contribution in [-0.2, 0) is 19.1 Å². The first-order valence-electron chi connectivity index (χ1n) is 9.01. The van der Waals surface area contributed by atoms with Crippen molar-refractivity contribution in [3.05, 3.63) is 0 Å². The third-order valence-electron chi connectivity index (χ3n) is 5.96. The molecule has 1 saturated carbocycles. The van der Waals surface area contributed by atoms with Crippen molar-refractivity contribution in [3.63, 3.8) is 0 Å². The summed E-state index contributed by atoms with van der Waals surface area (Å²) in [6.07, 6.45) is 2.97. The molecule has 2 heterocycles. The predicted molar refractivity (Wildman–Crippen MR) is 89.1 cm³/mol. The van der Waals surface area contributed by atoms with Gasteiger partial charge < -0.3 is 20.5 Å². The number of rotatable bonds is 5. The topological polar surface area (TPSA) is 125 Å². The van der Waals surface area contributed by atoms with E-state index in [1.54, 1.807) is 0 Å². The standard InChI is InChI=1S/C17H25N3O6/c1-26-15(23)11(7-10-3-6-18-13(10)21)19-14(22)12-8-17(4-2-5-17)9-20(12)16(24)25/h10-12H,2-9H2,1H3,(H,18,21)(H,19,22)(H,24,25)/t10-,11?,12-/m0/s1. The zero-order chi connectivity index (χ0) is 18.9. The fourth-order valence-corrected chi connectivity index (χ4v) is 4.31. The van der Waals surface area contributed by atoms with Crippen molar-refractivity contribution in [1.82, 2.24) is 15.5 Å². The molecule has 3 amide bonds. The number of esters is 1. The largest absolute Gasteiger partial charge is 0.467 e. The summed E-state index contributed by atoms with van der Waals surface area (Å²) in [6.45, 7) is 0.900. The van der Waals surface area contributed by atoms with Gasteiger partial charge >= 0.3 is 12.1 Å². The molecule has 1 aliphatic carbocycles. The number of hydrogen-bond acceptors (Lipinski definition) is 5. The maximum absolute atomic E-state index is 12.7. The molecule has 3 fully saturated rings. The van der Waals surface area contributed by atoms with Crippen LogP contribution in [0.1, 0.15) is 38.5 Å². The summed E-state index contributed by atoms with van der Waals surface area (Å²) in [4.78, 5) is 49.3. The number of nitrogens with one attached hydrogen (secondary N) is 2. The molecule has 9 heteroatoms. The van der Waals surface area contributed by atoms with E-state index in [1.807, 2.05) is 0 Å². The highest BCUT2D eigenvalue weighted by atomic mass is 16.5. The number of carbonyl (C=O) groups excluding carboxylic acids is 3. The first-order valence-corrected chi connectivity index (χ1v) is 9.01. The van der Waals surface area contributed by atoms with Crippen molar-refractivity contribution >= 4 is 23.9 Å². The van der Waals surface area contributed by atoms with Crippen LogP contribution in [0, 0.1) is 11.3 Å². The lowest BCUT2D eigenvalue weighted by atomic mass is 9.67. The van der Waals surface area contributed by atoms with E-state index in [9.17, 15) is 24.3 Å². The molecular weight excluding hydrogens is 342 g/mol. The molecule has 3 aliphatic rings. The Labute approximate surface area is 151 Å². The second-order valence-corrected chi connectivity index (χ2v) is 7.58. The van der Waals surface area contributed by atoms with Crippen LogP contribution in [0.3, 0.4) is 0 Å². The maximum atomic E-state index is 12.7. The summed E-state index contributed by atoms with van der Waals surface area (Å²) < 4.78 is 4.75. The summed E-state index contributed by atoms with van der Waals surface area (Å²) in [7, 11) is 1.22. The van der Waals surface area contributed by atoms with Gasteiger partial charge in [-0.15, -0.1) is 0 Å². The molecular formula is C17H25N3O6. The van der Waals surface area contributed by atoms with Crippen LogP contribution < -0.4 is 10.6 Å². The lowest BCUT2D eigenvalue weighted by molar-refractivity contribution is -0.146. The van der Waals surface area contributed by atoms with Gasteiger partial charge in [0.15, 0.2) is 0 Å². The lowest BCUT2D eigenvalue weighted by Crippen LogP contribution is -2.51. The Morgan fingerprint density at radius 1 is 1.42 bits per heavy atom. The van der Waals surface area contributed by atoms with E-state index in [2.05, 4.69) is 10.6 Å². The molecule has 1 spiro atoms. The lowest BCUT2D eigenvalue weighted by Gasteiger charge is -2.37. The number of amides is 3. The van der Waals surface area contributed by atoms with Gasteiger partial charge in [-0.1, -0.05) is 6.42 Å². The number of carboxylic acid groups (broad SMARTS) is 1. The molecule has 144 valence electrons. The zero-order valence-corrected chi connectivity index (χ0v) is 14.8. The SMILES string of the molecule is COC(=O)C(C[C@@H]1CCNC1=O)NC(=O)[C@@H]1CC2(CCC2)CN1C(=O)O. The summed E-state index contributed by atoms with van der Waals surface area (Å²) in [6, 6.07) is -1.77. The summed E-state index contributed by atoms with van der Waals surface area (Å²) >= 11 is 0. The predicted octanol–water partition coefficient (Wildman–Crippen LogP) is 0.0930. The number of hydrogen-bond donors (Lipinski definition) is 3. The summed E-state index contributed by atoms with van der Waals surface area (Å²) in [5.41, 5.74) is -0.105. The van der Waals surface area contributed by atoms with Crippen molar-refractivity contribution in [2.45, 2.75) is 50.6 Å². The molecule has 0 aromatic rings. The highest BCUT2D eigenvalue weighted by Crippen LogP contribution is 2.50. The van der Waals surface area contributed by atoms with Gasteiger partial charge in [-0.2, -0.15) is 0 Å². The Kier molecular flexibility index (Phi) is 5.06. The average Bonchev–Trinajstić information content (AvgIpc) is 3.17. The molecule has 0 radical (unpaired) electrons. The molecule has 26 heavy (non-hydrogen) atoms. The summed E-state index contributed by atoms with van der Waals surface area (Å²) in [5, 5.41) is 14.8. The van der Waals surface area contributed by atoms with E-state index in [4.69, 9.17) is 4.74 Å². The van der Waals surface area contributed by atoms with Crippen LogP contribution >= 0.6 is 0 Å². The number of methoxy groups -OCH3 is 1. The molecule has 1 unspecified atom stereocenters. The van der Waals surface area contributed by atoms with Crippen LogP contribution in [0.2, 0.25) is 0 Å². The fraction of sp³-hybridized carbons (Fsp3) is 0.765. The quantitative estimate of drug-likeness (QED) is 0.592. The van der Waals surface area contributed by atoms with Crippen LogP contribution in [-0.4, -0.2) is 66.2 Å². The second kappa shape index (κ2) is 7.13. The Morgan fingerprint density at radius 3 is 2.65 bits per heavy atom. The monoisotopic (exact) mass is 367 g/mol. The number of carbonyl (C=O) groups is 4. The minimum Gasteiger partial charge on any atom is -0.467 e. The average molecular weight is 367 g/mol. The van der Waals surface area contributed by atoms with E-state index >= 15 is 0 Å². The Balaban J connectivity index is 1.68. The molecule has 0 aromatic heterocycles. The Hall–Kier alpha value is -2.32. The van der Waals surface area contributed by atoms with E-state index in [1.165, 1.54) is 12.0 Å². The third-order valence-corrected chi connectivity index (χ3v) is 5.96. The number of likely N-dealkylation sites (tertiary alicyclic amines) is 1. The van der Waals surface area contributed by atoms with Gasteiger partial charge in [-0.05, 0) is 37.5 Å². The summed E-state index contributed by atoms with van der Waals surface area (Å²) in [5.74, 6) is -1.63. The van der Waals surface area contributed by atoms with Gasteiger partial charge in [0.2, 0.25) is 11.8 Å². The molecule has 0 bridgehead atoms. The highest BCUT2D eigenvalue weighted by Gasteiger charge is 2.52. The van der Waals surface area contributed by atoms with Crippen molar-refractivity contribution in [3.8, 4) is 0 Å². The van der Waals surface area contributed by atoms with Crippen molar-refractivity contribution in [2.75, 3.05) is 20.2 Å². The van der Waals surface area contributed by atoms with Crippen molar-refractivity contribution in [1.29, 1.82) is 0 Å². The molecule has 9 nitrogen and oxygen atoms in total. The van der Waals surface area contributed by atoms with Crippen LogP contribution in [0.4, 0.5) is 4.79 Å². The molecule has 0 aromatic carbocycles. The van der Waals surface area contributed by atoms with Gasteiger partial charge in [-0.3, -0.25) is 14.5 Å². The van der Waals surface area contributed by atoms with Crippen LogP contribution in [0.5, 0.6) is 0 Å². The van der Waals surface area contributed by atoms with Gasteiger partial charge in [0.25, 0.3) is 0 Å². The minimum atomic E-state index is -1.13. The molecule has 3 N–H and O–H groups in total. The maximum Gasteiger partial charge on any atom is 0.407 e. The smallest absolute Gasteiger partial charge is 0.407 e. The van der Waals surface area contributed by atoms with Gasteiger partial charge in [0, 0.05) is 19.0 Å². The molecule has 3 atom stereocenters. The Bertz CT molecular complexity index is 618. The third kappa shape index (κ3) is 3.47. The number of ether oxygens (including phenoxy) is 1. The molecule has 2 saturated heterocycles. The fourth-order valence-electron chi connectivity index (χ4n) is 4.31. The van der Waals surface area contributed by atoms with E-state index < -0.39 is 30.1 Å². The van der Waals surface area contributed by atoms with Gasteiger partial charge in [0.05, 0.1) is 7.11 Å². The molecule has 3 rings (SSSR count). The van der Waals surface area contributed by atoms with Crippen LogP contribution in [0.25, 0.3) is 0 Å². The number of nitrogens with zero attached hydrogens (tertiary/aromatic N) is 1. The zero-order valence-electron chi connectivity index (χ0n) is 14.8.